The molecule has 96 valence electrons. The lowest BCUT2D eigenvalue weighted by molar-refractivity contribution is 0.414. The highest BCUT2D eigenvalue weighted by Gasteiger charge is 2.21. The van der Waals surface area contributed by atoms with Gasteiger partial charge in [0.15, 0.2) is 5.15 Å². The van der Waals surface area contributed by atoms with Crippen molar-refractivity contribution in [1.29, 1.82) is 0 Å². The minimum Gasteiger partial charge on any atom is -0.268 e. The molecule has 1 heterocycles. The first kappa shape index (κ1) is 14.7. The summed E-state index contributed by atoms with van der Waals surface area (Å²) in [6, 6.07) is 1.41. The number of hydrogen-bond acceptors (Lipinski definition) is 3. The average Bonchev–Trinajstić information content (AvgIpc) is 2.21. The number of hydrogen-bond donors (Lipinski definition) is 1. The smallest absolute Gasteiger partial charge is 0.268 e. The van der Waals surface area contributed by atoms with E-state index in [1.807, 2.05) is 0 Å². The van der Waals surface area contributed by atoms with E-state index in [0.29, 0.717) is 4.47 Å². The molecule has 8 heteroatoms. The Kier molecular flexibility index (Phi) is 4.77. The Labute approximate surface area is 114 Å². The Morgan fingerprint density at radius 1 is 1.53 bits per heavy atom. The van der Waals surface area contributed by atoms with Crippen LogP contribution in [0, 0.1) is 0 Å². The van der Waals surface area contributed by atoms with Gasteiger partial charge in [-0.25, -0.2) is 4.98 Å². The Morgan fingerprint density at radius 3 is 2.65 bits per heavy atom. The van der Waals surface area contributed by atoms with E-state index in [0.717, 1.165) is 0 Å². The molecule has 0 aromatic carbocycles. The number of nitrogens with zero attached hydrogens (tertiary/aromatic N) is 2. The van der Waals surface area contributed by atoms with E-state index >= 15 is 0 Å². The lowest BCUT2D eigenvalue weighted by Gasteiger charge is -2.21. The van der Waals surface area contributed by atoms with Gasteiger partial charge in [-0.3, -0.25) is 4.72 Å². The number of halogens is 2. The summed E-state index contributed by atoms with van der Waals surface area (Å²) >= 11 is 9.01. The second-order valence-electron chi connectivity index (χ2n) is 3.71. The van der Waals surface area contributed by atoms with Gasteiger partial charge in [-0.15, -0.1) is 0 Å². The number of anilines is 1. The molecular formula is C9H13BrClN3O2S. The zero-order valence-corrected chi connectivity index (χ0v) is 12.8. The fourth-order valence-electron chi connectivity index (χ4n) is 0.983. The predicted octanol–water partition coefficient (Wildman–Crippen LogP) is 2.49. The van der Waals surface area contributed by atoms with Gasteiger partial charge in [0.1, 0.15) is 0 Å². The van der Waals surface area contributed by atoms with E-state index in [1.165, 1.54) is 17.5 Å². The van der Waals surface area contributed by atoms with Gasteiger partial charge in [0.2, 0.25) is 0 Å². The molecule has 17 heavy (non-hydrogen) atoms. The predicted molar refractivity (Wildman–Crippen MR) is 72.4 cm³/mol. The van der Waals surface area contributed by atoms with Crippen molar-refractivity contribution >= 4 is 43.4 Å². The molecule has 1 aromatic heterocycles. The highest BCUT2D eigenvalue weighted by molar-refractivity contribution is 9.10. The van der Waals surface area contributed by atoms with E-state index in [9.17, 15) is 8.42 Å². The maximum Gasteiger partial charge on any atom is 0.301 e. The van der Waals surface area contributed by atoms with Crippen LogP contribution in [0.4, 0.5) is 5.69 Å². The molecular weight excluding hydrogens is 330 g/mol. The molecule has 0 saturated carbocycles. The molecule has 0 saturated heterocycles. The monoisotopic (exact) mass is 341 g/mol. The van der Waals surface area contributed by atoms with E-state index in [2.05, 4.69) is 25.6 Å². The van der Waals surface area contributed by atoms with Gasteiger partial charge in [0.05, 0.1) is 5.69 Å². The van der Waals surface area contributed by atoms with E-state index < -0.39 is 10.2 Å². The minimum absolute atomic E-state index is 0.105. The molecule has 0 spiro atoms. The van der Waals surface area contributed by atoms with Gasteiger partial charge in [-0.2, -0.15) is 12.7 Å². The SMILES string of the molecule is CC(C)N(C)S(=O)(=O)Nc1cc(Br)cnc1Cl. The molecule has 0 amide bonds. The number of rotatable bonds is 4. The summed E-state index contributed by atoms with van der Waals surface area (Å²) in [5, 5.41) is 0.105. The summed E-state index contributed by atoms with van der Waals surface area (Å²) in [5.74, 6) is 0. The maximum absolute atomic E-state index is 11.9. The highest BCUT2D eigenvalue weighted by atomic mass is 79.9. The van der Waals surface area contributed by atoms with Crippen LogP contribution in [0.3, 0.4) is 0 Å². The Bertz CT molecular complexity index is 507. The molecule has 5 nitrogen and oxygen atoms in total. The summed E-state index contributed by atoms with van der Waals surface area (Å²) in [6.45, 7) is 3.56. The molecule has 1 rings (SSSR count). The zero-order chi connectivity index (χ0) is 13.2. The molecule has 0 aliphatic heterocycles. The summed E-state index contributed by atoms with van der Waals surface area (Å²) < 4.78 is 28.1. The van der Waals surface area contributed by atoms with E-state index in [4.69, 9.17) is 11.6 Å². The van der Waals surface area contributed by atoms with E-state index in [-0.39, 0.29) is 16.9 Å². The van der Waals surface area contributed by atoms with Gasteiger partial charge < -0.3 is 0 Å². The van der Waals surface area contributed by atoms with Crippen molar-refractivity contribution in [2.45, 2.75) is 19.9 Å². The number of pyridine rings is 1. The first-order valence-corrected chi connectivity index (χ1v) is 7.42. The van der Waals surface area contributed by atoms with Gasteiger partial charge >= 0.3 is 10.2 Å². The lowest BCUT2D eigenvalue weighted by Crippen LogP contribution is -2.37. The van der Waals surface area contributed by atoms with Crippen molar-refractivity contribution in [3.8, 4) is 0 Å². The molecule has 0 atom stereocenters. The van der Waals surface area contributed by atoms with Gasteiger partial charge in [-0.1, -0.05) is 11.6 Å². The van der Waals surface area contributed by atoms with Crippen molar-refractivity contribution in [2.75, 3.05) is 11.8 Å². The van der Waals surface area contributed by atoms with Crippen LogP contribution in [0.15, 0.2) is 16.7 Å². The number of aromatic nitrogens is 1. The third-order valence-corrected chi connectivity index (χ3v) is 4.54. The molecule has 0 unspecified atom stereocenters. The molecule has 1 aromatic rings. The molecule has 0 aliphatic carbocycles. The summed E-state index contributed by atoms with van der Waals surface area (Å²) in [6.07, 6.45) is 1.49. The third kappa shape index (κ3) is 3.80. The summed E-state index contributed by atoms with van der Waals surface area (Å²) in [7, 11) is -2.12. The normalized spacial score (nSPS) is 12.2. The van der Waals surface area contributed by atoms with Crippen LogP contribution < -0.4 is 4.72 Å². The first-order chi connectivity index (χ1) is 7.74. The molecule has 0 aliphatic rings. The van der Waals surface area contributed by atoms with Gasteiger partial charge in [-0.05, 0) is 35.8 Å². The zero-order valence-electron chi connectivity index (χ0n) is 9.61. The van der Waals surface area contributed by atoms with Crippen LogP contribution >= 0.6 is 27.5 Å². The largest absolute Gasteiger partial charge is 0.301 e. The fraction of sp³-hybridized carbons (Fsp3) is 0.444. The molecule has 0 radical (unpaired) electrons. The minimum atomic E-state index is -3.61. The average molecular weight is 343 g/mol. The van der Waals surface area contributed by atoms with Crippen molar-refractivity contribution in [2.24, 2.45) is 0 Å². The van der Waals surface area contributed by atoms with Crippen LogP contribution in [0.1, 0.15) is 13.8 Å². The quantitative estimate of drug-likeness (QED) is 0.855. The second kappa shape index (κ2) is 5.51. The molecule has 0 fully saturated rings. The standard InChI is InChI=1S/C9H13BrClN3O2S/c1-6(2)14(3)17(15,16)13-8-4-7(10)5-12-9(8)11/h4-6,13H,1-3H3. The Hall–Kier alpha value is -0.370. The lowest BCUT2D eigenvalue weighted by atomic mass is 10.4. The molecule has 0 bridgehead atoms. The van der Waals surface area contributed by atoms with Gasteiger partial charge in [0.25, 0.3) is 0 Å². The fourth-order valence-corrected chi connectivity index (χ4v) is 2.65. The number of nitrogens with one attached hydrogen (secondary N) is 1. The first-order valence-electron chi connectivity index (χ1n) is 4.81. The van der Waals surface area contributed by atoms with Gasteiger partial charge in [0, 0.05) is 23.8 Å². The van der Waals surface area contributed by atoms with Crippen molar-refractivity contribution < 1.29 is 8.42 Å². The van der Waals surface area contributed by atoms with Crippen molar-refractivity contribution in [3.63, 3.8) is 0 Å². The maximum atomic E-state index is 11.9. The third-order valence-electron chi connectivity index (χ3n) is 2.15. The topological polar surface area (TPSA) is 62.3 Å². The van der Waals surface area contributed by atoms with Crippen LogP contribution in [-0.4, -0.2) is 30.8 Å². The van der Waals surface area contributed by atoms with Crippen LogP contribution in [0.5, 0.6) is 0 Å². The Morgan fingerprint density at radius 2 is 2.12 bits per heavy atom. The highest BCUT2D eigenvalue weighted by Crippen LogP contribution is 2.24. The van der Waals surface area contributed by atoms with Crippen LogP contribution in [0.25, 0.3) is 0 Å². The summed E-state index contributed by atoms with van der Waals surface area (Å²) in [5.41, 5.74) is 0.244. The van der Waals surface area contributed by atoms with Crippen LogP contribution in [-0.2, 0) is 10.2 Å². The summed E-state index contributed by atoms with van der Waals surface area (Å²) in [4.78, 5) is 3.84. The van der Waals surface area contributed by atoms with Crippen LogP contribution in [0.2, 0.25) is 5.15 Å². The second-order valence-corrected chi connectivity index (χ2v) is 6.71. The van der Waals surface area contributed by atoms with E-state index in [1.54, 1.807) is 19.9 Å². The Balaban J connectivity index is 3.02. The molecule has 1 N–H and O–H groups in total. The van der Waals surface area contributed by atoms with Crippen molar-refractivity contribution in [1.82, 2.24) is 9.29 Å². The van der Waals surface area contributed by atoms with Crippen molar-refractivity contribution in [3.05, 3.63) is 21.9 Å².